The molecule has 0 radical (unpaired) electrons. The van der Waals surface area contributed by atoms with Gasteiger partial charge in [-0.05, 0) is 41.7 Å². The van der Waals surface area contributed by atoms with Crippen molar-refractivity contribution >= 4 is 15.9 Å². The van der Waals surface area contributed by atoms with Gasteiger partial charge in [0.25, 0.3) is 0 Å². The van der Waals surface area contributed by atoms with Gasteiger partial charge in [0.2, 0.25) is 0 Å². The maximum atomic E-state index is 3.56. The van der Waals surface area contributed by atoms with Crippen LogP contribution in [0, 0.1) is 11.8 Å². The van der Waals surface area contributed by atoms with E-state index in [1.54, 1.807) is 0 Å². The molecule has 1 aromatic rings. The van der Waals surface area contributed by atoms with Gasteiger partial charge in [-0.25, -0.2) is 0 Å². The van der Waals surface area contributed by atoms with Gasteiger partial charge in [-0.3, -0.25) is 0 Å². The fraction of sp³-hybridized carbons (Fsp3) is 0.571. The van der Waals surface area contributed by atoms with Crippen molar-refractivity contribution in [1.29, 1.82) is 0 Å². The van der Waals surface area contributed by atoms with Crippen LogP contribution in [0.2, 0.25) is 0 Å². The molecule has 1 aromatic carbocycles. The number of rotatable bonds is 4. The molecule has 2 rings (SSSR count). The van der Waals surface area contributed by atoms with Gasteiger partial charge in [0, 0.05) is 5.33 Å². The molecule has 0 amide bonds. The van der Waals surface area contributed by atoms with E-state index in [2.05, 4.69) is 54.0 Å². The summed E-state index contributed by atoms with van der Waals surface area (Å²) >= 11 is 3.56. The van der Waals surface area contributed by atoms with E-state index in [0.717, 1.165) is 23.1 Å². The van der Waals surface area contributed by atoms with Gasteiger partial charge in [-0.1, -0.05) is 54.0 Å². The number of alkyl halides is 1. The summed E-state index contributed by atoms with van der Waals surface area (Å²) in [5, 5.41) is 1.16. The van der Waals surface area contributed by atoms with Gasteiger partial charge in [-0.2, -0.15) is 0 Å². The van der Waals surface area contributed by atoms with Crippen molar-refractivity contribution in [1.82, 2.24) is 0 Å². The van der Waals surface area contributed by atoms with Crippen LogP contribution in [0.3, 0.4) is 0 Å². The molecule has 0 heterocycles. The minimum atomic E-state index is 0.757. The Labute approximate surface area is 101 Å². The van der Waals surface area contributed by atoms with E-state index >= 15 is 0 Å². The summed E-state index contributed by atoms with van der Waals surface area (Å²) in [5.74, 6) is 2.48. The third-order valence-electron chi connectivity index (χ3n) is 3.17. The van der Waals surface area contributed by atoms with Crippen LogP contribution in [0.4, 0.5) is 0 Å². The summed E-state index contributed by atoms with van der Waals surface area (Å²) < 4.78 is 0. The molecule has 0 bridgehead atoms. The molecule has 15 heavy (non-hydrogen) atoms. The number of benzene rings is 1. The molecule has 1 fully saturated rings. The second-order valence-corrected chi connectivity index (χ2v) is 5.74. The summed E-state index contributed by atoms with van der Waals surface area (Å²) in [5.41, 5.74) is 3.01. The topological polar surface area (TPSA) is 0 Å². The Hall–Kier alpha value is -0.300. The molecule has 1 heteroatoms. The molecule has 0 nitrogen and oxygen atoms in total. The fourth-order valence-corrected chi connectivity index (χ4v) is 2.91. The molecule has 0 spiro atoms. The van der Waals surface area contributed by atoms with Crippen LogP contribution in [0.1, 0.15) is 37.3 Å². The molecule has 2 unspecified atom stereocenters. The molecule has 1 saturated carbocycles. The van der Waals surface area contributed by atoms with Gasteiger partial charge in [0.05, 0.1) is 0 Å². The lowest BCUT2D eigenvalue weighted by Crippen LogP contribution is -1.94. The molecule has 0 aromatic heterocycles. The van der Waals surface area contributed by atoms with E-state index in [9.17, 15) is 0 Å². The molecule has 82 valence electrons. The van der Waals surface area contributed by atoms with Crippen LogP contribution in [0.5, 0.6) is 0 Å². The second kappa shape index (κ2) is 4.69. The van der Waals surface area contributed by atoms with Crippen LogP contribution >= 0.6 is 15.9 Å². The Morgan fingerprint density at radius 3 is 2.40 bits per heavy atom. The minimum absolute atomic E-state index is 0.757. The zero-order chi connectivity index (χ0) is 10.8. The Kier molecular flexibility index (Phi) is 3.50. The Morgan fingerprint density at radius 1 is 1.27 bits per heavy atom. The van der Waals surface area contributed by atoms with Crippen molar-refractivity contribution in [2.75, 3.05) is 5.33 Å². The first-order valence-electron chi connectivity index (χ1n) is 5.85. The first-order valence-corrected chi connectivity index (χ1v) is 6.97. The molecular weight excluding hydrogens is 248 g/mol. The van der Waals surface area contributed by atoms with Crippen molar-refractivity contribution in [2.45, 2.75) is 32.6 Å². The maximum Gasteiger partial charge on any atom is 0.00657 e. The molecular formula is C14H19Br. The van der Waals surface area contributed by atoms with Gasteiger partial charge in [0.1, 0.15) is 0 Å². The zero-order valence-corrected chi connectivity index (χ0v) is 11.1. The average Bonchev–Trinajstić information content (AvgIpc) is 2.97. The van der Waals surface area contributed by atoms with Gasteiger partial charge in [-0.15, -0.1) is 0 Å². The molecule has 0 N–H and O–H groups in total. The highest BCUT2D eigenvalue weighted by molar-refractivity contribution is 9.09. The van der Waals surface area contributed by atoms with E-state index < -0.39 is 0 Å². The highest BCUT2D eigenvalue weighted by Crippen LogP contribution is 2.48. The summed E-state index contributed by atoms with van der Waals surface area (Å²) in [6.45, 7) is 4.55. The predicted molar refractivity (Wildman–Crippen MR) is 69.6 cm³/mol. The molecule has 0 aliphatic heterocycles. The van der Waals surface area contributed by atoms with Gasteiger partial charge < -0.3 is 0 Å². The first kappa shape index (κ1) is 11.2. The van der Waals surface area contributed by atoms with Crippen LogP contribution in [-0.2, 0) is 6.42 Å². The summed E-state index contributed by atoms with van der Waals surface area (Å²) in [6.07, 6.45) is 2.57. The van der Waals surface area contributed by atoms with Crippen molar-refractivity contribution in [3.05, 3.63) is 35.4 Å². The lowest BCUT2D eigenvalue weighted by Gasteiger charge is -2.06. The fourth-order valence-electron chi connectivity index (χ4n) is 2.20. The Bertz CT molecular complexity index is 313. The number of hydrogen-bond donors (Lipinski definition) is 0. The van der Waals surface area contributed by atoms with Crippen molar-refractivity contribution in [2.24, 2.45) is 11.8 Å². The van der Waals surface area contributed by atoms with Gasteiger partial charge >= 0.3 is 0 Å². The molecule has 1 aliphatic rings. The van der Waals surface area contributed by atoms with E-state index in [1.165, 1.54) is 24.0 Å². The lowest BCUT2D eigenvalue weighted by molar-refractivity contribution is 0.647. The maximum absolute atomic E-state index is 3.56. The van der Waals surface area contributed by atoms with Gasteiger partial charge in [0.15, 0.2) is 0 Å². The van der Waals surface area contributed by atoms with Crippen molar-refractivity contribution < 1.29 is 0 Å². The summed E-state index contributed by atoms with van der Waals surface area (Å²) in [6, 6.07) is 9.26. The first-order chi connectivity index (χ1) is 7.20. The minimum Gasteiger partial charge on any atom is -0.0925 e. The van der Waals surface area contributed by atoms with Crippen molar-refractivity contribution in [3.63, 3.8) is 0 Å². The van der Waals surface area contributed by atoms with Crippen LogP contribution < -0.4 is 0 Å². The normalized spacial score (nSPS) is 24.5. The lowest BCUT2D eigenvalue weighted by atomic mass is 10.0. The number of hydrogen-bond acceptors (Lipinski definition) is 0. The third kappa shape index (κ3) is 2.84. The van der Waals surface area contributed by atoms with Crippen LogP contribution in [0.25, 0.3) is 0 Å². The number of halogens is 1. The molecule has 2 atom stereocenters. The predicted octanol–water partition coefficient (Wildman–Crippen LogP) is 4.38. The standard InChI is InChI=1S/C14H19Br/c1-10(2)7-11-3-5-12(6-4-11)14-8-13(14)9-15/h3-6,10,13-14H,7-9H2,1-2H3. The molecule has 0 saturated heterocycles. The van der Waals surface area contributed by atoms with E-state index in [0.29, 0.717) is 0 Å². The highest BCUT2D eigenvalue weighted by Gasteiger charge is 2.36. The highest BCUT2D eigenvalue weighted by atomic mass is 79.9. The second-order valence-electron chi connectivity index (χ2n) is 5.10. The van der Waals surface area contributed by atoms with Crippen LogP contribution in [0.15, 0.2) is 24.3 Å². The van der Waals surface area contributed by atoms with E-state index in [-0.39, 0.29) is 0 Å². The van der Waals surface area contributed by atoms with E-state index in [1.807, 2.05) is 0 Å². The molecule has 1 aliphatic carbocycles. The monoisotopic (exact) mass is 266 g/mol. The third-order valence-corrected chi connectivity index (χ3v) is 4.00. The zero-order valence-electron chi connectivity index (χ0n) is 9.54. The average molecular weight is 267 g/mol. The summed E-state index contributed by atoms with van der Waals surface area (Å²) in [4.78, 5) is 0. The smallest absolute Gasteiger partial charge is 0.00657 e. The van der Waals surface area contributed by atoms with Crippen molar-refractivity contribution in [3.8, 4) is 0 Å². The van der Waals surface area contributed by atoms with Crippen LogP contribution in [-0.4, -0.2) is 5.33 Å². The van der Waals surface area contributed by atoms with E-state index in [4.69, 9.17) is 0 Å². The SMILES string of the molecule is CC(C)Cc1ccc(C2CC2CBr)cc1. The summed E-state index contributed by atoms with van der Waals surface area (Å²) in [7, 11) is 0. The quantitative estimate of drug-likeness (QED) is 0.710. The largest absolute Gasteiger partial charge is 0.0925 e. The Balaban J connectivity index is 1.99. The Morgan fingerprint density at radius 2 is 1.93 bits per heavy atom.